The van der Waals surface area contributed by atoms with Gasteiger partial charge in [0.15, 0.2) is 0 Å². The number of rotatable bonds is 4. The molecule has 2 aliphatic rings. The van der Waals surface area contributed by atoms with Crippen LogP contribution in [0.15, 0.2) is 0 Å². The molecule has 1 aromatic heterocycles. The van der Waals surface area contributed by atoms with Gasteiger partial charge in [-0.25, -0.2) is 4.79 Å². The SMILES string of the molecule is CC(C)OC(=O)c1c(NC(=O)[C@]2(C)CC2(Br)Br)sc2c1CCC2. The Labute approximate surface area is 156 Å². The van der Waals surface area contributed by atoms with E-state index in [4.69, 9.17) is 4.74 Å². The highest BCUT2D eigenvalue weighted by molar-refractivity contribution is 9.25. The summed E-state index contributed by atoms with van der Waals surface area (Å²) >= 11 is 8.54. The minimum absolute atomic E-state index is 0.0789. The molecule has 1 fully saturated rings. The van der Waals surface area contributed by atoms with Crippen LogP contribution in [0.4, 0.5) is 5.00 Å². The highest BCUT2D eigenvalue weighted by Crippen LogP contribution is 2.66. The number of fused-ring (bicyclic) bond motifs is 1. The molecule has 1 atom stereocenters. The van der Waals surface area contributed by atoms with E-state index in [1.807, 2.05) is 20.8 Å². The van der Waals surface area contributed by atoms with Gasteiger partial charge in [-0.2, -0.15) is 0 Å². The number of carbonyl (C=O) groups is 2. The Bertz CT molecular complexity index is 683. The summed E-state index contributed by atoms with van der Waals surface area (Å²) in [5.74, 6) is -0.413. The van der Waals surface area contributed by atoms with Crippen molar-refractivity contribution in [2.45, 2.75) is 55.8 Å². The van der Waals surface area contributed by atoms with Crippen molar-refractivity contribution >= 4 is 60.1 Å². The van der Waals surface area contributed by atoms with Crippen LogP contribution in [0.2, 0.25) is 0 Å². The normalized spacial score (nSPS) is 24.4. The van der Waals surface area contributed by atoms with E-state index >= 15 is 0 Å². The number of nitrogens with one attached hydrogen (secondary N) is 1. The first kappa shape index (κ1) is 17.4. The summed E-state index contributed by atoms with van der Waals surface area (Å²) in [5, 5.41) is 3.60. The summed E-state index contributed by atoms with van der Waals surface area (Å²) in [5.41, 5.74) is 1.10. The molecule has 1 aromatic rings. The molecule has 0 bridgehead atoms. The molecule has 7 heteroatoms. The largest absolute Gasteiger partial charge is 0.459 e. The lowest BCUT2D eigenvalue weighted by molar-refractivity contribution is -0.120. The van der Waals surface area contributed by atoms with Gasteiger partial charge in [-0.05, 0) is 52.0 Å². The van der Waals surface area contributed by atoms with E-state index in [1.165, 1.54) is 16.2 Å². The van der Waals surface area contributed by atoms with Crippen molar-refractivity contribution in [3.8, 4) is 0 Å². The Morgan fingerprint density at radius 1 is 1.30 bits per heavy atom. The van der Waals surface area contributed by atoms with Crippen molar-refractivity contribution in [1.29, 1.82) is 0 Å². The first-order chi connectivity index (χ1) is 10.7. The lowest BCUT2D eigenvalue weighted by Crippen LogP contribution is -2.26. The number of hydrogen-bond acceptors (Lipinski definition) is 4. The third-order valence-electron chi connectivity index (χ3n) is 4.45. The molecule has 126 valence electrons. The zero-order valence-electron chi connectivity index (χ0n) is 13.3. The average Bonchev–Trinajstić information content (AvgIpc) is 2.78. The molecule has 1 heterocycles. The van der Waals surface area contributed by atoms with Gasteiger partial charge in [0.25, 0.3) is 0 Å². The summed E-state index contributed by atoms with van der Waals surface area (Å²) < 4.78 is 5.03. The van der Waals surface area contributed by atoms with Gasteiger partial charge in [0.05, 0.1) is 20.3 Å². The van der Waals surface area contributed by atoms with E-state index in [2.05, 4.69) is 37.2 Å². The molecule has 2 aliphatic carbocycles. The molecule has 1 amide bonds. The number of alkyl halides is 2. The molecule has 1 N–H and O–H groups in total. The van der Waals surface area contributed by atoms with Crippen LogP contribution in [0.25, 0.3) is 0 Å². The molecule has 0 aromatic carbocycles. The Morgan fingerprint density at radius 2 is 1.96 bits per heavy atom. The second-order valence-corrected chi connectivity index (χ2v) is 11.6. The Kier molecular flexibility index (Phi) is 4.43. The molecule has 0 radical (unpaired) electrons. The fraction of sp³-hybridized carbons (Fsp3) is 0.625. The number of thiophene rings is 1. The second kappa shape index (κ2) is 5.85. The number of ether oxygens (including phenoxy) is 1. The van der Waals surface area contributed by atoms with E-state index in [1.54, 1.807) is 0 Å². The average molecular weight is 465 g/mol. The molecule has 1 saturated carbocycles. The minimum atomic E-state index is -0.513. The minimum Gasteiger partial charge on any atom is -0.459 e. The van der Waals surface area contributed by atoms with Crippen molar-refractivity contribution in [2.75, 3.05) is 5.32 Å². The molecule has 3 rings (SSSR count). The monoisotopic (exact) mass is 463 g/mol. The first-order valence-corrected chi connectivity index (χ1v) is 10.1. The Hall–Kier alpha value is -0.400. The number of aryl methyl sites for hydroxylation is 1. The van der Waals surface area contributed by atoms with E-state index in [9.17, 15) is 9.59 Å². The summed E-state index contributed by atoms with van der Waals surface area (Å²) in [4.78, 5) is 26.3. The molecule has 0 saturated heterocycles. The van der Waals surface area contributed by atoms with Gasteiger partial charge in [0.2, 0.25) is 5.91 Å². The maximum absolute atomic E-state index is 12.6. The summed E-state index contributed by atoms with van der Waals surface area (Å²) in [6, 6.07) is 0. The number of amides is 1. The maximum atomic E-state index is 12.6. The molecule has 23 heavy (non-hydrogen) atoms. The Balaban J connectivity index is 1.88. The third-order valence-corrected chi connectivity index (χ3v) is 7.97. The van der Waals surface area contributed by atoms with Crippen molar-refractivity contribution in [3.05, 3.63) is 16.0 Å². The number of anilines is 1. The van der Waals surface area contributed by atoms with Crippen LogP contribution in [0.3, 0.4) is 0 Å². The molecule has 4 nitrogen and oxygen atoms in total. The molecule has 0 spiro atoms. The van der Waals surface area contributed by atoms with Crippen LogP contribution < -0.4 is 5.32 Å². The number of carbonyl (C=O) groups excluding carboxylic acids is 2. The Morgan fingerprint density at radius 3 is 2.52 bits per heavy atom. The summed E-state index contributed by atoms with van der Waals surface area (Å²) in [6.45, 7) is 5.56. The molecular formula is C16H19Br2NO3S. The van der Waals surface area contributed by atoms with Crippen LogP contribution >= 0.6 is 43.2 Å². The predicted molar refractivity (Wildman–Crippen MR) is 98.8 cm³/mol. The topological polar surface area (TPSA) is 55.4 Å². The quantitative estimate of drug-likeness (QED) is 0.521. The van der Waals surface area contributed by atoms with E-state index < -0.39 is 5.41 Å². The smallest absolute Gasteiger partial charge is 0.341 e. The van der Waals surface area contributed by atoms with Crippen molar-refractivity contribution in [2.24, 2.45) is 5.41 Å². The molecule has 0 aliphatic heterocycles. The van der Waals surface area contributed by atoms with Gasteiger partial charge >= 0.3 is 5.97 Å². The second-order valence-electron chi connectivity index (χ2n) is 6.68. The number of esters is 1. The lowest BCUT2D eigenvalue weighted by Gasteiger charge is -2.14. The van der Waals surface area contributed by atoms with Gasteiger partial charge in [0.1, 0.15) is 5.00 Å². The molecular weight excluding hydrogens is 446 g/mol. The van der Waals surface area contributed by atoms with Crippen molar-refractivity contribution in [1.82, 2.24) is 0 Å². The van der Waals surface area contributed by atoms with Crippen LogP contribution in [0.5, 0.6) is 0 Å². The predicted octanol–water partition coefficient (Wildman–Crippen LogP) is 4.64. The van der Waals surface area contributed by atoms with E-state index in [0.717, 1.165) is 24.8 Å². The third kappa shape index (κ3) is 3.00. The summed E-state index contributed by atoms with van der Waals surface area (Å²) in [6.07, 6.45) is 3.43. The van der Waals surface area contributed by atoms with E-state index in [-0.39, 0.29) is 21.2 Å². The van der Waals surface area contributed by atoms with Crippen molar-refractivity contribution < 1.29 is 14.3 Å². The summed E-state index contributed by atoms with van der Waals surface area (Å²) in [7, 11) is 0. The highest BCUT2D eigenvalue weighted by Gasteiger charge is 2.66. The number of halogens is 2. The standard InChI is InChI=1S/C16H19Br2NO3S/c1-8(2)22-13(20)11-9-5-4-6-10(9)23-12(11)19-14(21)15(3)7-16(15,17)18/h8H,4-7H2,1-3H3,(H,19,21)/t15-/m0/s1. The first-order valence-electron chi connectivity index (χ1n) is 7.70. The van der Waals surface area contributed by atoms with Gasteiger partial charge in [-0.3, -0.25) is 4.79 Å². The van der Waals surface area contributed by atoms with E-state index in [0.29, 0.717) is 17.0 Å². The van der Waals surface area contributed by atoms with Crippen LogP contribution in [0, 0.1) is 5.41 Å². The van der Waals surface area contributed by atoms with Gasteiger partial charge in [0, 0.05) is 4.88 Å². The zero-order valence-corrected chi connectivity index (χ0v) is 17.3. The fourth-order valence-corrected chi connectivity index (χ4v) is 5.62. The van der Waals surface area contributed by atoms with Gasteiger partial charge in [-0.1, -0.05) is 31.9 Å². The highest BCUT2D eigenvalue weighted by atomic mass is 79.9. The van der Waals surface area contributed by atoms with Crippen LogP contribution in [-0.4, -0.2) is 21.2 Å². The number of hydrogen-bond donors (Lipinski definition) is 1. The maximum Gasteiger partial charge on any atom is 0.341 e. The van der Waals surface area contributed by atoms with Crippen molar-refractivity contribution in [3.63, 3.8) is 0 Å². The van der Waals surface area contributed by atoms with Crippen LogP contribution in [-0.2, 0) is 22.4 Å². The van der Waals surface area contributed by atoms with Gasteiger partial charge in [-0.15, -0.1) is 11.3 Å². The molecule has 0 unspecified atom stereocenters. The fourth-order valence-electron chi connectivity index (χ4n) is 2.87. The van der Waals surface area contributed by atoms with Gasteiger partial charge < -0.3 is 10.1 Å². The van der Waals surface area contributed by atoms with Crippen LogP contribution in [0.1, 0.15) is 54.4 Å². The zero-order chi connectivity index (χ0) is 17.0. The lowest BCUT2D eigenvalue weighted by atomic mass is 10.1.